The van der Waals surface area contributed by atoms with Crippen LogP contribution in [0.1, 0.15) is 18.6 Å². The Bertz CT molecular complexity index is 381. The van der Waals surface area contributed by atoms with E-state index in [1.165, 1.54) is 0 Å². The highest BCUT2D eigenvalue weighted by atomic mass is 32.2. The lowest BCUT2D eigenvalue weighted by Crippen LogP contribution is -2.41. The van der Waals surface area contributed by atoms with Crippen molar-refractivity contribution in [2.24, 2.45) is 0 Å². The molecule has 0 saturated carbocycles. The van der Waals surface area contributed by atoms with Gasteiger partial charge in [0.25, 0.3) is 5.91 Å². The second-order valence-electron chi connectivity index (χ2n) is 4.73. The minimum atomic E-state index is -0.643. The molecule has 0 bridgehead atoms. The van der Waals surface area contributed by atoms with Crippen LogP contribution >= 0.6 is 0 Å². The summed E-state index contributed by atoms with van der Waals surface area (Å²) in [5, 5.41) is 10.3. The lowest BCUT2D eigenvalue weighted by atomic mass is 10.0. The Morgan fingerprint density at radius 2 is 1.89 bits per heavy atom. The molecule has 0 radical (unpaired) electrons. The van der Waals surface area contributed by atoms with Crippen LogP contribution in [-0.2, 0) is 15.7 Å². The molecule has 0 aromatic heterocycles. The topological polar surface area (TPSA) is 40.5 Å². The second kappa shape index (κ2) is 6.81. The van der Waals surface area contributed by atoms with Crippen LogP contribution in [0.15, 0.2) is 30.3 Å². The molecule has 4 heteroatoms. The lowest BCUT2D eigenvalue weighted by molar-refractivity contribution is -0.131. The van der Waals surface area contributed by atoms with Crippen LogP contribution in [-0.4, -0.2) is 47.3 Å². The third-order valence-electron chi connectivity index (χ3n) is 3.01. The zero-order valence-electron chi connectivity index (χ0n) is 11.5. The summed E-state index contributed by atoms with van der Waals surface area (Å²) in [7, 11) is 1.84. The average molecular weight is 268 g/mol. The van der Waals surface area contributed by atoms with Crippen LogP contribution in [0.5, 0.6) is 0 Å². The molecule has 0 spiro atoms. The van der Waals surface area contributed by atoms with Gasteiger partial charge >= 0.3 is 0 Å². The van der Waals surface area contributed by atoms with Gasteiger partial charge in [-0.1, -0.05) is 30.3 Å². The summed E-state index contributed by atoms with van der Waals surface area (Å²) in [5.41, 5.74) is 0.844. The van der Waals surface area contributed by atoms with E-state index in [0.29, 0.717) is 5.75 Å². The number of aliphatic hydroxyl groups excluding tert-OH is 1. The number of aliphatic hydroxyl groups is 1. The molecule has 0 heterocycles. The number of carbonyl (C=O) groups excluding carboxylic acids is 1. The van der Waals surface area contributed by atoms with E-state index in [-0.39, 0.29) is 22.8 Å². The summed E-state index contributed by atoms with van der Waals surface area (Å²) in [6, 6.07) is 9.23. The highest BCUT2D eigenvalue weighted by molar-refractivity contribution is 7.96. The first-order valence-corrected chi connectivity index (χ1v) is 8.17. The van der Waals surface area contributed by atoms with Gasteiger partial charge < -0.3 is 10.0 Å². The van der Waals surface area contributed by atoms with Crippen LogP contribution < -0.4 is 0 Å². The van der Waals surface area contributed by atoms with E-state index < -0.39 is 6.10 Å². The van der Waals surface area contributed by atoms with Crippen LogP contribution in [0, 0.1) is 0 Å². The standard InChI is InChI=1S/C14H22NO2S/c1-11(15(2)13(16)10-18(3)4)14(17)12-8-6-5-7-9-12/h5-9,11,14,17H,10H2,1-4H3/q+1/t11-,14+/m0/s1. The largest absolute Gasteiger partial charge is 0.386 e. The van der Waals surface area contributed by atoms with E-state index >= 15 is 0 Å². The van der Waals surface area contributed by atoms with Gasteiger partial charge in [0.15, 0.2) is 5.75 Å². The van der Waals surface area contributed by atoms with Crippen molar-refractivity contribution in [3.63, 3.8) is 0 Å². The minimum absolute atomic E-state index is 0.0867. The molecule has 3 nitrogen and oxygen atoms in total. The molecule has 100 valence electrons. The SMILES string of the molecule is C[C@@H]([C@@H](O)c1ccccc1)N(C)C(=O)C[S+](C)C. The van der Waals surface area contributed by atoms with Gasteiger partial charge in [-0.2, -0.15) is 0 Å². The molecule has 0 aliphatic carbocycles. The third kappa shape index (κ3) is 4.03. The second-order valence-corrected chi connectivity index (χ2v) is 6.99. The van der Waals surface area contributed by atoms with E-state index in [2.05, 4.69) is 0 Å². The molecular weight excluding hydrogens is 246 g/mol. The first-order valence-electron chi connectivity index (χ1n) is 5.96. The molecule has 0 aliphatic rings. The average Bonchev–Trinajstić information content (AvgIpc) is 2.36. The minimum Gasteiger partial charge on any atom is -0.386 e. The van der Waals surface area contributed by atoms with Gasteiger partial charge in [0, 0.05) is 7.05 Å². The Kier molecular flexibility index (Phi) is 5.69. The predicted molar refractivity (Wildman–Crippen MR) is 77.7 cm³/mol. The van der Waals surface area contributed by atoms with Crippen molar-refractivity contribution in [2.75, 3.05) is 25.3 Å². The number of hydrogen-bond acceptors (Lipinski definition) is 2. The first-order chi connectivity index (χ1) is 8.43. The lowest BCUT2D eigenvalue weighted by Gasteiger charge is -2.28. The molecule has 0 fully saturated rings. The molecule has 0 aliphatic heterocycles. The van der Waals surface area contributed by atoms with E-state index in [1.807, 2.05) is 49.8 Å². The number of rotatable bonds is 5. The fraction of sp³-hybridized carbons (Fsp3) is 0.500. The maximum absolute atomic E-state index is 12.0. The van der Waals surface area contributed by atoms with Gasteiger partial charge in [-0.3, -0.25) is 4.79 Å². The highest BCUT2D eigenvalue weighted by Crippen LogP contribution is 2.19. The van der Waals surface area contributed by atoms with Crippen molar-refractivity contribution in [1.82, 2.24) is 4.90 Å². The maximum Gasteiger partial charge on any atom is 0.272 e. The molecule has 1 N–H and O–H groups in total. The van der Waals surface area contributed by atoms with Crippen molar-refractivity contribution in [2.45, 2.75) is 19.1 Å². The van der Waals surface area contributed by atoms with Crippen LogP contribution in [0.25, 0.3) is 0 Å². The number of likely N-dealkylation sites (N-methyl/N-ethyl adjacent to an activating group) is 1. The third-order valence-corrected chi connectivity index (χ3v) is 3.84. The summed E-state index contributed by atoms with van der Waals surface area (Å²) >= 11 is 0. The molecule has 1 aromatic carbocycles. The van der Waals surface area contributed by atoms with E-state index in [4.69, 9.17) is 0 Å². The van der Waals surface area contributed by atoms with Gasteiger partial charge in [-0.25, -0.2) is 0 Å². The molecule has 1 rings (SSSR count). The predicted octanol–water partition coefficient (Wildman–Crippen LogP) is 1.44. The van der Waals surface area contributed by atoms with Crippen LogP contribution in [0.4, 0.5) is 0 Å². The molecule has 2 atom stereocenters. The Morgan fingerprint density at radius 1 is 1.33 bits per heavy atom. The van der Waals surface area contributed by atoms with E-state index in [1.54, 1.807) is 11.9 Å². The molecule has 0 saturated heterocycles. The van der Waals surface area contributed by atoms with Crippen molar-refractivity contribution in [1.29, 1.82) is 0 Å². The van der Waals surface area contributed by atoms with Gasteiger partial charge in [0.05, 0.1) is 24.7 Å². The number of nitrogens with zero attached hydrogens (tertiary/aromatic N) is 1. The summed E-state index contributed by atoms with van der Waals surface area (Å²) in [5.74, 6) is 0.633. The first kappa shape index (κ1) is 15.1. The normalized spacial score (nSPS) is 14.3. The molecule has 1 amide bonds. The van der Waals surface area contributed by atoms with Crippen molar-refractivity contribution in [3.8, 4) is 0 Å². The summed E-state index contributed by atoms with van der Waals surface area (Å²) in [4.78, 5) is 13.6. The summed E-state index contributed by atoms with van der Waals surface area (Å²) < 4.78 is 0. The Hall–Kier alpha value is -1.000. The van der Waals surface area contributed by atoms with E-state index in [9.17, 15) is 9.90 Å². The number of amides is 1. The maximum atomic E-state index is 12.0. The highest BCUT2D eigenvalue weighted by Gasteiger charge is 2.26. The summed E-state index contributed by atoms with van der Waals surface area (Å²) in [6.45, 7) is 1.87. The quantitative estimate of drug-likeness (QED) is 0.821. The molecular formula is C14H22NO2S+. The number of carbonyl (C=O) groups is 1. The van der Waals surface area contributed by atoms with Gasteiger partial charge in [0.2, 0.25) is 0 Å². The zero-order valence-corrected chi connectivity index (χ0v) is 12.3. The monoisotopic (exact) mass is 268 g/mol. The van der Waals surface area contributed by atoms with Crippen molar-refractivity contribution >= 4 is 16.8 Å². The van der Waals surface area contributed by atoms with Gasteiger partial charge in [-0.15, -0.1) is 0 Å². The summed E-state index contributed by atoms with van der Waals surface area (Å²) in [6.07, 6.45) is 3.45. The van der Waals surface area contributed by atoms with E-state index in [0.717, 1.165) is 5.56 Å². The Labute approximate surface area is 112 Å². The zero-order chi connectivity index (χ0) is 13.7. The fourth-order valence-corrected chi connectivity index (χ4v) is 2.41. The molecule has 0 unspecified atom stereocenters. The fourth-order valence-electron chi connectivity index (χ4n) is 1.72. The van der Waals surface area contributed by atoms with Crippen LogP contribution in [0.2, 0.25) is 0 Å². The Morgan fingerprint density at radius 3 is 2.39 bits per heavy atom. The number of benzene rings is 1. The smallest absolute Gasteiger partial charge is 0.272 e. The number of hydrogen-bond donors (Lipinski definition) is 1. The molecule has 1 aromatic rings. The van der Waals surface area contributed by atoms with Gasteiger partial charge in [-0.05, 0) is 23.4 Å². The molecule has 18 heavy (non-hydrogen) atoms. The van der Waals surface area contributed by atoms with Crippen molar-refractivity contribution in [3.05, 3.63) is 35.9 Å². The van der Waals surface area contributed by atoms with Crippen LogP contribution in [0.3, 0.4) is 0 Å². The van der Waals surface area contributed by atoms with Crippen molar-refractivity contribution < 1.29 is 9.90 Å². The Balaban J connectivity index is 2.69. The van der Waals surface area contributed by atoms with Gasteiger partial charge in [0.1, 0.15) is 0 Å².